The first-order valence-electron chi connectivity index (χ1n) is 7.80. The lowest BCUT2D eigenvalue weighted by atomic mass is 10.2. The molecular formula is C17H20BrN5O. The van der Waals surface area contributed by atoms with Gasteiger partial charge in [0.2, 0.25) is 5.95 Å². The monoisotopic (exact) mass is 389 g/mol. The molecule has 2 aromatic rings. The highest BCUT2D eigenvalue weighted by molar-refractivity contribution is 9.10. The SMILES string of the molecule is C=C(/C=C(\NC)Nc1nc(NCc2ccco2)ncc1Br)C1CC1. The summed E-state index contributed by atoms with van der Waals surface area (Å²) in [5, 5.41) is 9.55. The van der Waals surface area contributed by atoms with Crippen LogP contribution < -0.4 is 16.0 Å². The molecule has 3 N–H and O–H groups in total. The van der Waals surface area contributed by atoms with Gasteiger partial charge in [0.05, 0.1) is 17.3 Å². The summed E-state index contributed by atoms with van der Waals surface area (Å²) in [6.07, 6.45) is 7.84. The lowest BCUT2D eigenvalue weighted by Crippen LogP contribution is -2.17. The van der Waals surface area contributed by atoms with Gasteiger partial charge in [-0.2, -0.15) is 4.98 Å². The Hall–Kier alpha value is -2.28. The van der Waals surface area contributed by atoms with Crippen molar-refractivity contribution in [3.05, 3.63) is 58.9 Å². The molecule has 6 nitrogen and oxygen atoms in total. The van der Waals surface area contributed by atoms with Crippen LogP contribution in [0.3, 0.4) is 0 Å². The maximum atomic E-state index is 5.29. The van der Waals surface area contributed by atoms with E-state index in [1.165, 1.54) is 12.8 Å². The molecule has 3 rings (SSSR count). The van der Waals surface area contributed by atoms with Crippen molar-refractivity contribution in [1.82, 2.24) is 15.3 Å². The van der Waals surface area contributed by atoms with Gasteiger partial charge in [0, 0.05) is 13.2 Å². The molecule has 0 spiro atoms. The van der Waals surface area contributed by atoms with Crippen LogP contribution in [0.25, 0.3) is 0 Å². The Morgan fingerprint density at radius 3 is 3.00 bits per heavy atom. The van der Waals surface area contributed by atoms with Crippen molar-refractivity contribution in [2.24, 2.45) is 5.92 Å². The Bertz CT molecular complexity index is 737. The summed E-state index contributed by atoms with van der Waals surface area (Å²) in [4.78, 5) is 8.76. The summed E-state index contributed by atoms with van der Waals surface area (Å²) in [7, 11) is 1.87. The average molecular weight is 390 g/mol. The third kappa shape index (κ3) is 4.38. The highest BCUT2D eigenvalue weighted by Crippen LogP contribution is 2.36. The maximum absolute atomic E-state index is 5.29. The quantitative estimate of drug-likeness (QED) is 0.594. The van der Waals surface area contributed by atoms with Gasteiger partial charge in [0.25, 0.3) is 0 Å². The standard InChI is InChI=1S/C17H20BrN5O/c1-11(12-5-6-12)8-15(19-2)22-16-14(18)10-21-17(23-16)20-9-13-4-3-7-24-13/h3-4,7-8,10,12,19H,1,5-6,9H2,2H3,(H2,20,21,22,23)/b15-8+. The van der Waals surface area contributed by atoms with Crippen molar-refractivity contribution >= 4 is 27.7 Å². The van der Waals surface area contributed by atoms with Crippen molar-refractivity contribution < 1.29 is 4.42 Å². The zero-order valence-corrected chi connectivity index (χ0v) is 15.1. The molecule has 24 heavy (non-hydrogen) atoms. The second-order valence-electron chi connectivity index (χ2n) is 5.61. The van der Waals surface area contributed by atoms with Crippen LogP contribution in [-0.2, 0) is 6.54 Å². The van der Waals surface area contributed by atoms with E-state index in [2.05, 4.69) is 48.4 Å². The Morgan fingerprint density at radius 2 is 2.33 bits per heavy atom. The summed E-state index contributed by atoms with van der Waals surface area (Å²) in [5.41, 5.74) is 1.13. The molecule has 2 aromatic heterocycles. The molecular weight excluding hydrogens is 370 g/mol. The summed E-state index contributed by atoms with van der Waals surface area (Å²) in [6, 6.07) is 3.75. The second kappa shape index (κ2) is 7.53. The first-order valence-corrected chi connectivity index (χ1v) is 8.59. The van der Waals surface area contributed by atoms with Gasteiger partial charge in [-0.05, 0) is 58.5 Å². The lowest BCUT2D eigenvalue weighted by Gasteiger charge is -2.13. The highest BCUT2D eigenvalue weighted by Gasteiger charge is 2.23. The maximum Gasteiger partial charge on any atom is 0.225 e. The van der Waals surface area contributed by atoms with E-state index in [9.17, 15) is 0 Å². The molecule has 0 unspecified atom stereocenters. The molecule has 2 heterocycles. The molecule has 0 bridgehead atoms. The minimum Gasteiger partial charge on any atom is -0.467 e. The highest BCUT2D eigenvalue weighted by atomic mass is 79.9. The minimum atomic E-state index is 0.522. The third-order valence-corrected chi connectivity index (χ3v) is 4.28. The van der Waals surface area contributed by atoms with Crippen LogP contribution in [0.2, 0.25) is 0 Å². The summed E-state index contributed by atoms with van der Waals surface area (Å²) >= 11 is 3.47. The molecule has 1 aliphatic rings. The number of furan rings is 1. The number of rotatable bonds is 8. The third-order valence-electron chi connectivity index (χ3n) is 3.70. The molecule has 0 amide bonds. The first kappa shape index (κ1) is 16.6. The predicted octanol–water partition coefficient (Wildman–Crippen LogP) is 3.88. The molecule has 1 saturated carbocycles. The zero-order valence-electron chi connectivity index (χ0n) is 13.5. The van der Waals surface area contributed by atoms with Crippen LogP contribution in [0.1, 0.15) is 18.6 Å². The van der Waals surface area contributed by atoms with Gasteiger partial charge in [-0.1, -0.05) is 6.58 Å². The summed E-state index contributed by atoms with van der Waals surface area (Å²) in [6.45, 7) is 4.65. The first-order chi connectivity index (χ1) is 11.7. The van der Waals surface area contributed by atoms with Crippen LogP contribution in [0.15, 0.2) is 57.5 Å². The zero-order chi connectivity index (χ0) is 16.9. The molecule has 1 fully saturated rings. The van der Waals surface area contributed by atoms with Crippen LogP contribution >= 0.6 is 15.9 Å². The molecule has 126 valence electrons. The van der Waals surface area contributed by atoms with Crippen molar-refractivity contribution in [2.45, 2.75) is 19.4 Å². The number of anilines is 2. The predicted molar refractivity (Wildman–Crippen MR) is 98.4 cm³/mol. The van der Waals surface area contributed by atoms with E-state index in [4.69, 9.17) is 4.42 Å². The number of nitrogens with zero attached hydrogens (tertiary/aromatic N) is 2. The second-order valence-corrected chi connectivity index (χ2v) is 6.46. The van der Waals surface area contributed by atoms with Crippen molar-refractivity contribution in [3.8, 4) is 0 Å². The lowest BCUT2D eigenvalue weighted by molar-refractivity contribution is 0.517. The number of allylic oxidation sites excluding steroid dienone is 2. The molecule has 0 aromatic carbocycles. The number of halogens is 1. The Morgan fingerprint density at radius 1 is 1.50 bits per heavy atom. The van der Waals surface area contributed by atoms with Crippen LogP contribution in [-0.4, -0.2) is 17.0 Å². The smallest absolute Gasteiger partial charge is 0.225 e. The van der Waals surface area contributed by atoms with E-state index in [0.29, 0.717) is 24.2 Å². The largest absolute Gasteiger partial charge is 0.467 e. The number of hydrogen-bond donors (Lipinski definition) is 3. The fourth-order valence-corrected chi connectivity index (χ4v) is 2.47. The Labute approximate surface area is 149 Å². The molecule has 1 aliphatic carbocycles. The van der Waals surface area contributed by atoms with Crippen molar-refractivity contribution in [3.63, 3.8) is 0 Å². The summed E-state index contributed by atoms with van der Waals surface area (Å²) in [5.74, 6) is 3.50. The van der Waals surface area contributed by atoms with Crippen LogP contribution in [0.5, 0.6) is 0 Å². The van der Waals surface area contributed by atoms with Gasteiger partial charge < -0.3 is 20.4 Å². The van der Waals surface area contributed by atoms with Gasteiger partial charge in [-0.25, -0.2) is 4.98 Å². The molecule has 0 aliphatic heterocycles. The van der Waals surface area contributed by atoms with E-state index in [1.54, 1.807) is 12.5 Å². The van der Waals surface area contributed by atoms with Crippen LogP contribution in [0, 0.1) is 5.92 Å². The van der Waals surface area contributed by atoms with E-state index in [1.807, 2.05) is 25.3 Å². The molecule has 0 saturated heterocycles. The molecule has 0 atom stereocenters. The average Bonchev–Trinajstić information content (AvgIpc) is 3.31. The van der Waals surface area contributed by atoms with Crippen molar-refractivity contribution in [2.75, 3.05) is 17.7 Å². The van der Waals surface area contributed by atoms with E-state index in [0.717, 1.165) is 21.6 Å². The minimum absolute atomic E-state index is 0.522. The Balaban J connectivity index is 1.69. The van der Waals surface area contributed by atoms with E-state index < -0.39 is 0 Å². The summed E-state index contributed by atoms with van der Waals surface area (Å²) < 4.78 is 6.07. The van der Waals surface area contributed by atoms with Gasteiger partial charge in [0.1, 0.15) is 11.6 Å². The number of hydrogen-bond acceptors (Lipinski definition) is 6. The molecule has 0 radical (unpaired) electrons. The van der Waals surface area contributed by atoms with Gasteiger partial charge in [0.15, 0.2) is 5.82 Å². The van der Waals surface area contributed by atoms with Crippen LogP contribution in [0.4, 0.5) is 11.8 Å². The van der Waals surface area contributed by atoms with E-state index >= 15 is 0 Å². The fraction of sp³-hybridized carbons (Fsp3) is 0.294. The van der Waals surface area contributed by atoms with Gasteiger partial charge >= 0.3 is 0 Å². The fourth-order valence-electron chi connectivity index (χ4n) is 2.17. The Kier molecular flexibility index (Phi) is 5.20. The normalized spacial score (nSPS) is 14.3. The van der Waals surface area contributed by atoms with Crippen molar-refractivity contribution in [1.29, 1.82) is 0 Å². The number of aromatic nitrogens is 2. The van der Waals surface area contributed by atoms with Gasteiger partial charge in [-0.3, -0.25) is 0 Å². The topological polar surface area (TPSA) is 75.0 Å². The van der Waals surface area contributed by atoms with Gasteiger partial charge in [-0.15, -0.1) is 0 Å². The number of nitrogens with one attached hydrogen (secondary N) is 3. The molecule has 7 heteroatoms. The van der Waals surface area contributed by atoms with E-state index in [-0.39, 0.29) is 0 Å².